The van der Waals surface area contributed by atoms with Crippen molar-refractivity contribution in [3.05, 3.63) is 0 Å². The molecular formula is C16H31N3O2. The quantitative estimate of drug-likeness (QED) is 0.836. The topological polar surface area (TPSA) is 53.6 Å². The normalized spacial score (nSPS) is 27.5. The van der Waals surface area contributed by atoms with E-state index in [1.54, 1.807) is 0 Å². The number of rotatable bonds is 3. The van der Waals surface area contributed by atoms with Crippen LogP contribution in [-0.4, -0.2) is 55.4 Å². The second-order valence-electron chi connectivity index (χ2n) is 7.37. The molecule has 2 aliphatic heterocycles. The van der Waals surface area contributed by atoms with Crippen molar-refractivity contribution in [1.82, 2.24) is 15.5 Å². The van der Waals surface area contributed by atoms with Crippen molar-refractivity contribution in [2.75, 3.05) is 32.7 Å². The van der Waals surface area contributed by atoms with E-state index in [2.05, 4.69) is 10.6 Å². The van der Waals surface area contributed by atoms with Crippen molar-refractivity contribution in [3.63, 3.8) is 0 Å². The lowest BCUT2D eigenvalue weighted by atomic mass is 10.1. The third-order valence-electron chi connectivity index (χ3n) is 4.21. The first kappa shape index (κ1) is 16.6. The molecule has 0 aromatic carbocycles. The lowest BCUT2D eigenvalue weighted by molar-refractivity contribution is 0.0288. The van der Waals surface area contributed by atoms with Crippen LogP contribution < -0.4 is 10.6 Å². The summed E-state index contributed by atoms with van der Waals surface area (Å²) in [5.74, 6) is 0.564. The SMILES string of the molecule is CC(C)(C)OC(=O)N1CCC(CNC2CCCNCC2)C1. The van der Waals surface area contributed by atoms with E-state index in [0.29, 0.717) is 12.0 Å². The first-order valence-electron chi connectivity index (χ1n) is 8.36. The van der Waals surface area contributed by atoms with Crippen LogP contribution in [0.15, 0.2) is 0 Å². The number of hydrogen-bond acceptors (Lipinski definition) is 4. The zero-order valence-corrected chi connectivity index (χ0v) is 13.8. The van der Waals surface area contributed by atoms with E-state index < -0.39 is 5.60 Å². The molecule has 0 aliphatic carbocycles. The number of carbonyl (C=O) groups excluding carboxylic acids is 1. The standard InChI is InChI=1S/C16H31N3O2/c1-16(2,3)21-15(20)19-10-7-13(12-19)11-18-14-5-4-8-17-9-6-14/h13-14,17-18H,4-12H2,1-3H3. The summed E-state index contributed by atoms with van der Waals surface area (Å²) in [5, 5.41) is 7.13. The van der Waals surface area contributed by atoms with Gasteiger partial charge >= 0.3 is 6.09 Å². The molecule has 2 unspecified atom stereocenters. The van der Waals surface area contributed by atoms with Crippen LogP contribution in [-0.2, 0) is 4.74 Å². The highest BCUT2D eigenvalue weighted by Crippen LogP contribution is 2.19. The lowest BCUT2D eigenvalue weighted by Crippen LogP contribution is -2.37. The van der Waals surface area contributed by atoms with Gasteiger partial charge in [-0.25, -0.2) is 4.79 Å². The van der Waals surface area contributed by atoms with E-state index in [1.165, 1.54) is 19.3 Å². The van der Waals surface area contributed by atoms with Crippen LogP contribution in [0.25, 0.3) is 0 Å². The predicted octanol–water partition coefficient (Wildman–Crippen LogP) is 1.98. The van der Waals surface area contributed by atoms with Gasteiger partial charge in [-0.1, -0.05) is 0 Å². The highest BCUT2D eigenvalue weighted by atomic mass is 16.6. The van der Waals surface area contributed by atoms with Crippen LogP contribution in [0.3, 0.4) is 0 Å². The van der Waals surface area contributed by atoms with E-state index in [9.17, 15) is 4.79 Å². The molecule has 0 saturated carbocycles. The summed E-state index contributed by atoms with van der Waals surface area (Å²) in [5.41, 5.74) is -0.402. The Balaban J connectivity index is 1.68. The van der Waals surface area contributed by atoms with Gasteiger partial charge in [-0.15, -0.1) is 0 Å². The highest BCUT2D eigenvalue weighted by Gasteiger charge is 2.29. The summed E-state index contributed by atoms with van der Waals surface area (Å²) in [7, 11) is 0. The fourth-order valence-corrected chi connectivity index (χ4v) is 3.05. The number of nitrogens with one attached hydrogen (secondary N) is 2. The summed E-state index contributed by atoms with van der Waals surface area (Å²) in [6.45, 7) is 10.7. The van der Waals surface area contributed by atoms with Crippen molar-refractivity contribution in [2.45, 2.75) is 58.1 Å². The third kappa shape index (κ3) is 5.83. The van der Waals surface area contributed by atoms with Crippen LogP contribution in [0.1, 0.15) is 46.5 Å². The zero-order chi connectivity index (χ0) is 15.3. The third-order valence-corrected chi connectivity index (χ3v) is 4.21. The maximum absolute atomic E-state index is 12.0. The van der Waals surface area contributed by atoms with E-state index in [1.807, 2.05) is 25.7 Å². The average Bonchev–Trinajstić information content (AvgIpc) is 2.71. The number of hydrogen-bond donors (Lipinski definition) is 2. The minimum absolute atomic E-state index is 0.163. The van der Waals surface area contributed by atoms with E-state index in [0.717, 1.165) is 39.1 Å². The molecule has 2 heterocycles. The number of likely N-dealkylation sites (tertiary alicyclic amines) is 1. The Bertz CT molecular complexity index is 333. The Labute approximate surface area is 128 Å². The largest absolute Gasteiger partial charge is 0.444 e. The maximum atomic E-state index is 12.0. The van der Waals surface area contributed by atoms with Gasteiger partial charge in [0.05, 0.1) is 0 Å². The van der Waals surface area contributed by atoms with Crippen LogP contribution in [0, 0.1) is 5.92 Å². The molecule has 2 saturated heterocycles. The Hall–Kier alpha value is -0.810. The molecule has 5 nitrogen and oxygen atoms in total. The first-order valence-corrected chi connectivity index (χ1v) is 8.36. The molecule has 5 heteroatoms. The van der Waals surface area contributed by atoms with E-state index in [-0.39, 0.29) is 6.09 Å². The summed E-state index contributed by atoms with van der Waals surface area (Å²) < 4.78 is 5.44. The Kier molecular flexibility index (Phi) is 5.88. The van der Waals surface area contributed by atoms with Gasteiger partial charge in [0.2, 0.25) is 0 Å². The molecule has 0 aromatic heterocycles. The van der Waals surface area contributed by atoms with Gasteiger partial charge in [0.1, 0.15) is 5.60 Å². The highest BCUT2D eigenvalue weighted by molar-refractivity contribution is 5.68. The number of ether oxygens (including phenoxy) is 1. The monoisotopic (exact) mass is 297 g/mol. The molecule has 1 amide bonds. The molecule has 122 valence electrons. The van der Waals surface area contributed by atoms with Gasteiger partial charge < -0.3 is 20.3 Å². The smallest absolute Gasteiger partial charge is 0.410 e. The Morgan fingerprint density at radius 3 is 2.86 bits per heavy atom. The average molecular weight is 297 g/mol. The first-order chi connectivity index (χ1) is 9.94. The van der Waals surface area contributed by atoms with Gasteiger partial charge in [0.25, 0.3) is 0 Å². The van der Waals surface area contributed by atoms with Gasteiger partial charge in [-0.2, -0.15) is 0 Å². The molecule has 0 spiro atoms. The second kappa shape index (κ2) is 7.45. The van der Waals surface area contributed by atoms with Crippen molar-refractivity contribution < 1.29 is 9.53 Å². The van der Waals surface area contributed by atoms with Crippen LogP contribution in [0.5, 0.6) is 0 Å². The molecule has 0 aromatic rings. The minimum atomic E-state index is -0.402. The van der Waals surface area contributed by atoms with Crippen LogP contribution >= 0.6 is 0 Å². The number of nitrogens with zero attached hydrogens (tertiary/aromatic N) is 1. The Morgan fingerprint density at radius 1 is 1.29 bits per heavy atom. The fourth-order valence-electron chi connectivity index (χ4n) is 3.05. The zero-order valence-electron chi connectivity index (χ0n) is 13.8. The van der Waals surface area contributed by atoms with E-state index in [4.69, 9.17) is 4.74 Å². The Morgan fingerprint density at radius 2 is 2.10 bits per heavy atom. The maximum Gasteiger partial charge on any atom is 0.410 e. The molecular weight excluding hydrogens is 266 g/mol. The van der Waals surface area contributed by atoms with Crippen LogP contribution in [0.4, 0.5) is 4.79 Å². The van der Waals surface area contributed by atoms with Crippen molar-refractivity contribution >= 4 is 6.09 Å². The molecule has 2 aliphatic rings. The van der Waals surface area contributed by atoms with Crippen molar-refractivity contribution in [3.8, 4) is 0 Å². The summed E-state index contributed by atoms with van der Waals surface area (Å²) in [6, 6.07) is 0.635. The molecule has 0 bridgehead atoms. The summed E-state index contributed by atoms with van der Waals surface area (Å²) >= 11 is 0. The summed E-state index contributed by atoms with van der Waals surface area (Å²) in [6.07, 6.45) is 4.64. The number of amides is 1. The fraction of sp³-hybridized carbons (Fsp3) is 0.938. The lowest BCUT2D eigenvalue weighted by Gasteiger charge is -2.24. The molecule has 0 radical (unpaired) electrons. The van der Waals surface area contributed by atoms with E-state index >= 15 is 0 Å². The van der Waals surface area contributed by atoms with Crippen molar-refractivity contribution in [1.29, 1.82) is 0 Å². The van der Waals surface area contributed by atoms with Crippen molar-refractivity contribution in [2.24, 2.45) is 5.92 Å². The predicted molar refractivity (Wildman–Crippen MR) is 84.4 cm³/mol. The molecule has 2 N–H and O–H groups in total. The second-order valence-corrected chi connectivity index (χ2v) is 7.37. The minimum Gasteiger partial charge on any atom is -0.444 e. The van der Waals surface area contributed by atoms with Gasteiger partial charge in [0.15, 0.2) is 0 Å². The van der Waals surface area contributed by atoms with Gasteiger partial charge in [-0.05, 0) is 72.0 Å². The number of carbonyl (C=O) groups is 1. The van der Waals surface area contributed by atoms with Crippen LogP contribution in [0.2, 0.25) is 0 Å². The molecule has 2 rings (SSSR count). The van der Waals surface area contributed by atoms with Gasteiger partial charge in [-0.3, -0.25) is 0 Å². The molecule has 21 heavy (non-hydrogen) atoms. The molecule has 2 fully saturated rings. The van der Waals surface area contributed by atoms with Gasteiger partial charge in [0, 0.05) is 19.1 Å². The summed E-state index contributed by atoms with van der Waals surface area (Å²) in [4.78, 5) is 13.9. The molecule has 2 atom stereocenters.